The highest BCUT2D eigenvalue weighted by Gasteiger charge is 2.14. The monoisotopic (exact) mass is 218 g/mol. The molecular weight excluding hydrogens is 209 g/mol. The van der Waals surface area contributed by atoms with E-state index in [1.165, 1.54) is 0 Å². The molecule has 0 atom stereocenters. The molecule has 5 heteroatoms. The van der Waals surface area contributed by atoms with Gasteiger partial charge in [-0.2, -0.15) is 0 Å². The lowest BCUT2D eigenvalue weighted by Gasteiger charge is -2.02. The summed E-state index contributed by atoms with van der Waals surface area (Å²) < 4.78 is 42.7. The minimum absolute atomic E-state index is 0.236. The minimum Gasteiger partial charge on any atom is -0.374 e. The first-order valence-corrected chi connectivity index (χ1v) is 4.31. The van der Waals surface area contributed by atoms with Crippen LogP contribution in [0.15, 0.2) is 12.1 Å². The van der Waals surface area contributed by atoms with Crippen molar-refractivity contribution in [3.05, 3.63) is 35.1 Å². The van der Waals surface area contributed by atoms with E-state index in [-0.39, 0.29) is 12.2 Å². The second kappa shape index (κ2) is 4.93. The highest BCUT2D eigenvalue weighted by Crippen LogP contribution is 2.14. The molecule has 0 aliphatic carbocycles. The second-order valence-electron chi connectivity index (χ2n) is 2.81. The largest absolute Gasteiger partial charge is 0.374 e. The quantitative estimate of drug-likeness (QED) is 0.572. The fourth-order valence-corrected chi connectivity index (χ4v) is 0.995. The molecule has 0 spiro atoms. The highest BCUT2D eigenvalue weighted by atomic mass is 19.2. The van der Waals surface area contributed by atoms with Crippen molar-refractivity contribution in [3.63, 3.8) is 0 Å². The SMILES string of the molecule is CCOCC(=O)c1cc(F)c(F)c(F)c1. The Morgan fingerprint density at radius 3 is 2.27 bits per heavy atom. The minimum atomic E-state index is -1.58. The Morgan fingerprint density at radius 2 is 1.80 bits per heavy atom. The van der Waals surface area contributed by atoms with Crippen LogP contribution in [0.1, 0.15) is 17.3 Å². The zero-order valence-corrected chi connectivity index (χ0v) is 8.02. The first-order chi connectivity index (χ1) is 7.06. The number of halogens is 3. The Morgan fingerprint density at radius 1 is 1.27 bits per heavy atom. The molecule has 0 radical (unpaired) electrons. The van der Waals surface area contributed by atoms with Crippen molar-refractivity contribution in [1.82, 2.24) is 0 Å². The lowest BCUT2D eigenvalue weighted by Crippen LogP contribution is -2.10. The third-order valence-electron chi connectivity index (χ3n) is 1.74. The molecule has 0 aliphatic rings. The number of hydrogen-bond acceptors (Lipinski definition) is 2. The summed E-state index contributed by atoms with van der Waals surface area (Å²) in [6.07, 6.45) is 0. The van der Waals surface area contributed by atoms with Crippen molar-refractivity contribution >= 4 is 5.78 Å². The molecule has 0 heterocycles. The average Bonchev–Trinajstić information content (AvgIpc) is 2.21. The van der Waals surface area contributed by atoms with E-state index in [1.807, 2.05) is 0 Å². The van der Waals surface area contributed by atoms with Crippen LogP contribution in [0.5, 0.6) is 0 Å². The van der Waals surface area contributed by atoms with Gasteiger partial charge in [0.05, 0.1) is 0 Å². The van der Waals surface area contributed by atoms with Gasteiger partial charge >= 0.3 is 0 Å². The van der Waals surface area contributed by atoms with Crippen molar-refractivity contribution in [3.8, 4) is 0 Å². The molecule has 0 saturated heterocycles. The van der Waals surface area contributed by atoms with Crippen LogP contribution in [-0.4, -0.2) is 19.0 Å². The molecule has 1 aromatic rings. The number of benzene rings is 1. The first-order valence-electron chi connectivity index (χ1n) is 4.31. The smallest absolute Gasteiger partial charge is 0.194 e. The third-order valence-corrected chi connectivity index (χ3v) is 1.74. The summed E-state index contributed by atoms with van der Waals surface area (Å²) >= 11 is 0. The van der Waals surface area contributed by atoms with Gasteiger partial charge in [-0.1, -0.05) is 0 Å². The van der Waals surface area contributed by atoms with Gasteiger partial charge in [0.1, 0.15) is 6.61 Å². The zero-order chi connectivity index (χ0) is 11.4. The van der Waals surface area contributed by atoms with Crippen molar-refractivity contribution in [2.75, 3.05) is 13.2 Å². The Bertz CT molecular complexity index is 354. The normalized spacial score (nSPS) is 10.4. The van der Waals surface area contributed by atoms with Gasteiger partial charge in [0.25, 0.3) is 0 Å². The number of carbonyl (C=O) groups is 1. The molecule has 0 bridgehead atoms. The van der Waals surface area contributed by atoms with Crippen LogP contribution in [-0.2, 0) is 4.74 Å². The van der Waals surface area contributed by atoms with Gasteiger partial charge in [-0.05, 0) is 19.1 Å². The van der Waals surface area contributed by atoms with Crippen LogP contribution in [0.4, 0.5) is 13.2 Å². The predicted molar refractivity (Wildman–Crippen MR) is 47.1 cm³/mol. The van der Waals surface area contributed by atoms with E-state index in [0.717, 1.165) is 0 Å². The highest BCUT2D eigenvalue weighted by molar-refractivity contribution is 5.97. The molecule has 0 N–H and O–H groups in total. The van der Waals surface area contributed by atoms with E-state index in [4.69, 9.17) is 4.74 Å². The molecule has 82 valence electrons. The molecule has 0 fully saturated rings. The van der Waals surface area contributed by atoms with Crippen LogP contribution in [0.25, 0.3) is 0 Å². The van der Waals surface area contributed by atoms with Crippen LogP contribution < -0.4 is 0 Å². The maximum absolute atomic E-state index is 12.7. The number of carbonyl (C=O) groups excluding carboxylic acids is 1. The van der Waals surface area contributed by atoms with E-state index < -0.39 is 23.2 Å². The zero-order valence-electron chi connectivity index (χ0n) is 8.02. The summed E-state index contributed by atoms with van der Waals surface area (Å²) in [7, 11) is 0. The molecule has 0 amide bonds. The van der Waals surface area contributed by atoms with E-state index in [2.05, 4.69) is 0 Å². The van der Waals surface area contributed by atoms with Crippen molar-refractivity contribution < 1.29 is 22.7 Å². The molecule has 0 unspecified atom stereocenters. The van der Waals surface area contributed by atoms with Gasteiger partial charge in [-0.3, -0.25) is 4.79 Å². The standard InChI is InChI=1S/C10H9F3O2/c1-2-15-5-9(14)6-3-7(11)10(13)8(12)4-6/h3-4H,2,5H2,1H3. The fraction of sp³-hybridized carbons (Fsp3) is 0.300. The third kappa shape index (κ3) is 2.79. The number of rotatable bonds is 4. The lowest BCUT2D eigenvalue weighted by atomic mass is 10.1. The van der Waals surface area contributed by atoms with Gasteiger partial charge in [0, 0.05) is 12.2 Å². The summed E-state index contributed by atoms with van der Waals surface area (Å²) in [4.78, 5) is 11.2. The molecule has 0 aromatic heterocycles. The molecule has 2 nitrogen and oxygen atoms in total. The maximum atomic E-state index is 12.7. The van der Waals surface area contributed by atoms with Gasteiger partial charge in [-0.25, -0.2) is 13.2 Å². The van der Waals surface area contributed by atoms with E-state index in [1.54, 1.807) is 6.92 Å². The molecule has 1 rings (SSSR count). The molecule has 0 saturated carbocycles. The summed E-state index contributed by atoms with van der Waals surface area (Å²) in [5.74, 6) is -4.93. The summed E-state index contributed by atoms with van der Waals surface area (Å²) in [5, 5.41) is 0. The number of Topliss-reactive ketones (excluding diaryl/α,β-unsaturated/α-hetero) is 1. The van der Waals surface area contributed by atoms with Crippen molar-refractivity contribution in [2.45, 2.75) is 6.92 Å². The Labute approximate surface area is 84.7 Å². The van der Waals surface area contributed by atoms with Crippen molar-refractivity contribution in [1.29, 1.82) is 0 Å². The lowest BCUT2D eigenvalue weighted by molar-refractivity contribution is 0.0782. The topological polar surface area (TPSA) is 26.3 Å². The molecule has 1 aromatic carbocycles. The van der Waals surface area contributed by atoms with Gasteiger partial charge < -0.3 is 4.74 Å². The van der Waals surface area contributed by atoms with Gasteiger partial charge in [-0.15, -0.1) is 0 Å². The van der Waals surface area contributed by atoms with Gasteiger partial charge in [0.15, 0.2) is 23.2 Å². The molecule has 0 aliphatic heterocycles. The predicted octanol–water partition coefficient (Wildman–Crippen LogP) is 2.32. The summed E-state index contributed by atoms with van der Waals surface area (Å²) in [6, 6.07) is 1.31. The number of ketones is 1. The first kappa shape index (κ1) is 11.7. The summed E-state index contributed by atoms with van der Waals surface area (Å²) in [5.41, 5.74) is -0.236. The van der Waals surface area contributed by atoms with Crippen LogP contribution in [0.2, 0.25) is 0 Å². The molecule has 15 heavy (non-hydrogen) atoms. The Balaban J connectivity index is 2.91. The van der Waals surface area contributed by atoms with Crippen LogP contribution in [0, 0.1) is 17.5 Å². The van der Waals surface area contributed by atoms with E-state index >= 15 is 0 Å². The Kier molecular flexibility index (Phi) is 3.85. The average molecular weight is 218 g/mol. The number of hydrogen-bond donors (Lipinski definition) is 0. The summed E-state index contributed by atoms with van der Waals surface area (Å²) in [6.45, 7) is 1.72. The van der Waals surface area contributed by atoms with Crippen LogP contribution in [0.3, 0.4) is 0 Å². The Hall–Kier alpha value is -1.36. The fourth-order valence-electron chi connectivity index (χ4n) is 0.995. The van der Waals surface area contributed by atoms with Crippen LogP contribution >= 0.6 is 0 Å². The van der Waals surface area contributed by atoms with Crippen molar-refractivity contribution in [2.24, 2.45) is 0 Å². The second-order valence-corrected chi connectivity index (χ2v) is 2.81. The van der Waals surface area contributed by atoms with Gasteiger partial charge in [0.2, 0.25) is 0 Å². The number of ether oxygens (including phenoxy) is 1. The molecular formula is C10H9F3O2. The maximum Gasteiger partial charge on any atom is 0.194 e. The van der Waals surface area contributed by atoms with E-state index in [0.29, 0.717) is 18.7 Å². The van der Waals surface area contributed by atoms with E-state index in [9.17, 15) is 18.0 Å².